The molecule has 0 radical (unpaired) electrons. The van der Waals surface area contributed by atoms with Crippen molar-refractivity contribution in [3.63, 3.8) is 0 Å². The van der Waals surface area contributed by atoms with E-state index in [1.807, 2.05) is 25.3 Å². The monoisotopic (exact) mass is 279 g/mol. The molecule has 2 aromatic rings. The van der Waals surface area contributed by atoms with E-state index in [-0.39, 0.29) is 17.3 Å². The molecule has 0 spiro atoms. The molecule has 0 fully saturated rings. The predicted octanol–water partition coefficient (Wildman–Crippen LogP) is 3.94. The van der Waals surface area contributed by atoms with Gasteiger partial charge >= 0.3 is 0 Å². The van der Waals surface area contributed by atoms with Gasteiger partial charge in [-0.3, -0.25) is 0 Å². The predicted molar refractivity (Wildman–Crippen MR) is 76.4 cm³/mol. The Bertz CT molecular complexity index is 598. The van der Waals surface area contributed by atoms with Crippen molar-refractivity contribution >= 4 is 5.82 Å². The molecule has 0 atom stereocenters. The highest BCUT2D eigenvalue weighted by atomic mass is 19.1. The molecule has 0 bridgehead atoms. The molecule has 0 aliphatic carbocycles. The Morgan fingerprint density at radius 2 is 1.85 bits per heavy atom. The largest absolute Gasteiger partial charge is 0.383 e. The van der Waals surface area contributed by atoms with Crippen LogP contribution in [0.25, 0.3) is 11.3 Å². The highest BCUT2D eigenvalue weighted by Gasteiger charge is 2.22. The zero-order chi connectivity index (χ0) is 14.9. The minimum absolute atomic E-state index is 0.0904. The van der Waals surface area contributed by atoms with Crippen molar-refractivity contribution in [2.24, 2.45) is 0 Å². The molecule has 1 heterocycles. The topological polar surface area (TPSA) is 43.8 Å². The molecule has 0 saturated heterocycles. The maximum absolute atomic E-state index is 13.9. The van der Waals surface area contributed by atoms with Crippen LogP contribution in [-0.4, -0.2) is 9.55 Å². The fourth-order valence-electron chi connectivity index (χ4n) is 2.38. The molecule has 0 aliphatic rings. The fourth-order valence-corrected chi connectivity index (χ4v) is 2.38. The molecule has 2 N–H and O–H groups in total. The SMILES string of the molecule is CCCc1nc(-c2c(F)cccc2F)c(N)n1C(C)C. The summed E-state index contributed by atoms with van der Waals surface area (Å²) in [6.07, 6.45) is 1.61. The first kappa shape index (κ1) is 14.5. The summed E-state index contributed by atoms with van der Waals surface area (Å²) in [4.78, 5) is 4.37. The van der Waals surface area contributed by atoms with Crippen LogP contribution < -0.4 is 5.73 Å². The standard InChI is InChI=1S/C15H19F2N3/c1-4-6-12-19-14(15(18)20(12)9(2)3)13-10(16)7-5-8-11(13)17/h5,7-9H,4,6,18H2,1-3H3. The number of aryl methyl sites for hydroxylation is 1. The Kier molecular flexibility index (Phi) is 4.06. The fraction of sp³-hybridized carbons (Fsp3) is 0.400. The zero-order valence-corrected chi connectivity index (χ0v) is 12.0. The number of benzene rings is 1. The number of rotatable bonds is 4. The van der Waals surface area contributed by atoms with Gasteiger partial charge in [-0.25, -0.2) is 13.8 Å². The molecular formula is C15H19F2N3. The van der Waals surface area contributed by atoms with Crippen LogP contribution in [0.5, 0.6) is 0 Å². The lowest BCUT2D eigenvalue weighted by Crippen LogP contribution is -2.09. The number of halogens is 2. The summed E-state index contributed by atoms with van der Waals surface area (Å²) in [6, 6.07) is 3.85. The van der Waals surface area contributed by atoms with Crippen molar-refractivity contribution in [3.8, 4) is 11.3 Å². The van der Waals surface area contributed by atoms with E-state index in [9.17, 15) is 8.78 Å². The van der Waals surface area contributed by atoms with Gasteiger partial charge in [0.2, 0.25) is 0 Å². The second kappa shape index (κ2) is 5.61. The van der Waals surface area contributed by atoms with Crippen LogP contribution in [0.15, 0.2) is 18.2 Å². The normalized spacial score (nSPS) is 11.3. The van der Waals surface area contributed by atoms with Crippen LogP contribution in [0.4, 0.5) is 14.6 Å². The summed E-state index contributed by atoms with van der Waals surface area (Å²) in [5, 5.41) is 0. The van der Waals surface area contributed by atoms with Crippen molar-refractivity contribution in [2.75, 3.05) is 5.73 Å². The Morgan fingerprint density at radius 1 is 1.25 bits per heavy atom. The van der Waals surface area contributed by atoms with Crippen molar-refractivity contribution in [1.82, 2.24) is 9.55 Å². The van der Waals surface area contributed by atoms with Crippen LogP contribution in [-0.2, 0) is 6.42 Å². The van der Waals surface area contributed by atoms with Crippen LogP contribution >= 0.6 is 0 Å². The van der Waals surface area contributed by atoms with E-state index in [4.69, 9.17) is 5.73 Å². The van der Waals surface area contributed by atoms with E-state index in [1.165, 1.54) is 18.2 Å². The lowest BCUT2D eigenvalue weighted by Gasteiger charge is -2.13. The van der Waals surface area contributed by atoms with Crippen LogP contribution in [0.1, 0.15) is 39.1 Å². The number of nitrogens with two attached hydrogens (primary N) is 1. The molecule has 2 rings (SSSR count). The van der Waals surface area contributed by atoms with Crippen molar-refractivity contribution in [2.45, 2.75) is 39.7 Å². The summed E-state index contributed by atoms with van der Waals surface area (Å²) in [5.74, 6) is -0.216. The third kappa shape index (κ3) is 2.40. The lowest BCUT2D eigenvalue weighted by molar-refractivity contribution is 0.571. The van der Waals surface area contributed by atoms with Gasteiger partial charge in [-0.2, -0.15) is 0 Å². The zero-order valence-electron chi connectivity index (χ0n) is 12.0. The summed E-state index contributed by atoms with van der Waals surface area (Å²) < 4.78 is 29.6. The molecule has 0 aliphatic heterocycles. The van der Waals surface area contributed by atoms with Gasteiger partial charge in [0, 0.05) is 12.5 Å². The number of anilines is 1. The van der Waals surface area contributed by atoms with Crippen molar-refractivity contribution < 1.29 is 8.78 Å². The summed E-state index contributed by atoms with van der Waals surface area (Å²) in [7, 11) is 0. The van der Waals surface area contributed by atoms with E-state index < -0.39 is 11.6 Å². The molecule has 0 unspecified atom stereocenters. The number of nitrogen functional groups attached to an aromatic ring is 1. The van der Waals surface area contributed by atoms with Gasteiger partial charge in [0.05, 0.1) is 5.56 Å². The maximum atomic E-state index is 13.9. The smallest absolute Gasteiger partial charge is 0.135 e. The molecule has 5 heteroatoms. The van der Waals surface area contributed by atoms with Crippen LogP contribution in [0.2, 0.25) is 0 Å². The molecule has 1 aromatic heterocycles. The molecule has 0 amide bonds. The van der Waals surface area contributed by atoms with E-state index in [0.29, 0.717) is 5.82 Å². The van der Waals surface area contributed by atoms with Crippen LogP contribution in [0, 0.1) is 11.6 Å². The molecule has 0 saturated carbocycles. The van der Waals surface area contributed by atoms with Gasteiger partial charge in [0.1, 0.15) is 29.0 Å². The highest BCUT2D eigenvalue weighted by molar-refractivity contribution is 5.72. The minimum Gasteiger partial charge on any atom is -0.383 e. The molecule has 1 aromatic carbocycles. The van der Waals surface area contributed by atoms with Crippen LogP contribution in [0.3, 0.4) is 0 Å². The first-order valence-corrected chi connectivity index (χ1v) is 6.78. The average Bonchev–Trinajstić information content (AvgIpc) is 2.67. The van der Waals surface area contributed by atoms with E-state index in [2.05, 4.69) is 4.98 Å². The molecule has 108 valence electrons. The summed E-state index contributed by atoms with van der Waals surface area (Å²) >= 11 is 0. The summed E-state index contributed by atoms with van der Waals surface area (Å²) in [6.45, 7) is 5.97. The second-order valence-electron chi connectivity index (χ2n) is 5.07. The van der Waals surface area contributed by atoms with Gasteiger partial charge in [-0.05, 0) is 32.4 Å². The quantitative estimate of drug-likeness (QED) is 0.921. The number of hydrogen-bond acceptors (Lipinski definition) is 2. The highest BCUT2D eigenvalue weighted by Crippen LogP contribution is 2.32. The van der Waals surface area contributed by atoms with E-state index >= 15 is 0 Å². The number of nitrogens with zero attached hydrogens (tertiary/aromatic N) is 2. The number of aromatic nitrogens is 2. The van der Waals surface area contributed by atoms with Crippen molar-refractivity contribution in [1.29, 1.82) is 0 Å². The van der Waals surface area contributed by atoms with Gasteiger partial charge in [0.25, 0.3) is 0 Å². The summed E-state index contributed by atoms with van der Waals surface area (Å²) in [5.41, 5.74) is 6.11. The third-order valence-electron chi connectivity index (χ3n) is 3.21. The second-order valence-corrected chi connectivity index (χ2v) is 5.07. The van der Waals surface area contributed by atoms with E-state index in [0.717, 1.165) is 18.7 Å². The Morgan fingerprint density at radius 3 is 2.35 bits per heavy atom. The first-order chi connectivity index (χ1) is 9.47. The van der Waals surface area contributed by atoms with E-state index in [1.54, 1.807) is 0 Å². The third-order valence-corrected chi connectivity index (χ3v) is 3.21. The minimum atomic E-state index is -0.645. The lowest BCUT2D eigenvalue weighted by atomic mass is 10.1. The molecular weight excluding hydrogens is 260 g/mol. The first-order valence-electron chi connectivity index (χ1n) is 6.78. The molecule has 20 heavy (non-hydrogen) atoms. The van der Waals surface area contributed by atoms with Gasteiger partial charge in [0.15, 0.2) is 0 Å². The average molecular weight is 279 g/mol. The van der Waals surface area contributed by atoms with Gasteiger partial charge in [-0.1, -0.05) is 13.0 Å². The number of hydrogen-bond donors (Lipinski definition) is 1. The molecule has 3 nitrogen and oxygen atoms in total. The maximum Gasteiger partial charge on any atom is 0.135 e. The Balaban J connectivity index is 2.67. The Labute approximate surface area is 117 Å². The van der Waals surface area contributed by atoms with Crippen molar-refractivity contribution in [3.05, 3.63) is 35.7 Å². The van der Waals surface area contributed by atoms with Gasteiger partial charge in [-0.15, -0.1) is 0 Å². The Hall–Kier alpha value is -1.91. The number of imidazole rings is 1. The van der Waals surface area contributed by atoms with Gasteiger partial charge < -0.3 is 10.3 Å².